The lowest BCUT2D eigenvalue weighted by atomic mass is 9.96. The molecule has 0 radical (unpaired) electrons. The summed E-state index contributed by atoms with van der Waals surface area (Å²) in [5.74, 6) is -1.28. The lowest BCUT2D eigenvalue weighted by Crippen LogP contribution is -2.25. The molecule has 0 bridgehead atoms. The van der Waals surface area contributed by atoms with E-state index >= 15 is 0 Å². The summed E-state index contributed by atoms with van der Waals surface area (Å²) in [6.07, 6.45) is 0. The van der Waals surface area contributed by atoms with Crippen molar-refractivity contribution in [1.29, 1.82) is 0 Å². The van der Waals surface area contributed by atoms with Gasteiger partial charge in [-0.1, -0.05) is 54.6 Å². The predicted molar refractivity (Wildman–Crippen MR) is 80.8 cm³/mol. The van der Waals surface area contributed by atoms with E-state index in [0.29, 0.717) is 6.54 Å². The second-order valence-electron chi connectivity index (χ2n) is 5.14. The quantitative estimate of drug-likeness (QED) is 0.906. The van der Waals surface area contributed by atoms with E-state index in [1.807, 2.05) is 73.6 Å². The Labute approximate surface area is 119 Å². The monoisotopic (exact) mass is 269 g/mol. The van der Waals surface area contributed by atoms with E-state index in [1.54, 1.807) is 0 Å². The first-order valence-electron chi connectivity index (χ1n) is 6.61. The third-order valence-electron chi connectivity index (χ3n) is 3.27. The highest BCUT2D eigenvalue weighted by atomic mass is 16.4. The van der Waals surface area contributed by atoms with Crippen molar-refractivity contribution in [2.45, 2.75) is 5.92 Å². The maximum atomic E-state index is 11.4. The Bertz CT molecular complexity index is 561. The summed E-state index contributed by atoms with van der Waals surface area (Å²) in [5, 5.41) is 9.34. The highest BCUT2D eigenvalue weighted by molar-refractivity contribution is 5.77. The van der Waals surface area contributed by atoms with Crippen LogP contribution < -0.4 is 0 Å². The fourth-order valence-corrected chi connectivity index (χ4v) is 2.23. The van der Waals surface area contributed by atoms with Crippen LogP contribution in [0.3, 0.4) is 0 Å². The molecule has 0 aliphatic carbocycles. The Morgan fingerprint density at radius 1 is 1.00 bits per heavy atom. The van der Waals surface area contributed by atoms with E-state index in [2.05, 4.69) is 0 Å². The van der Waals surface area contributed by atoms with Crippen LogP contribution in [0.5, 0.6) is 0 Å². The highest BCUT2D eigenvalue weighted by Crippen LogP contribution is 2.23. The summed E-state index contributed by atoms with van der Waals surface area (Å²) in [4.78, 5) is 13.3. The topological polar surface area (TPSA) is 40.5 Å². The van der Waals surface area contributed by atoms with E-state index in [4.69, 9.17) is 0 Å². The molecule has 0 aromatic heterocycles. The molecule has 2 aromatic rings. The summed E-state index contributed by atoms with van der Waals surface area (Å²) in [7, 11) is 3.77. The smallest absolute Gasteiger partial charge is 0.312 e. The SMILES string of the molecule is CN(C)CC(C(=O)O)c1ccc(-c2ccccc2)cc1. The number of benzene rings is 2. The minimum Gasteiger partial charge on any atom is -0.481 e. The third-order valence-corrected chi connectivity index (χ3v) is 3.27. The normalized spacial score (nSPS) is 12.3. The van der Waals surface area contributed by atoms with Crippen LogP contribution in [0, 0.1) is 0 Å². The first-order chi connectivity index (χ1) is 9.58. The van der Waals surface area contributed by atoms with Crippen LogP contribution in [-0.4, -0.2) is 36.6 Å². The maximum absolute atomic E-state index is 11.4. The molecule has 0 heterocycles. The Balaban J connectivity index is 2.24. The van der Waals surface area contributed by atoms with Crippen LogP contribution in [0.1, 0.15) is 11.5 Å². The molecule has 0 saturated heterocycles. The number of aliphatic carboxylic acids is 1. The second-order valence-corrected chi connectivity index (χ2v) is 5.14. The first-order valence-corrected chi connectivity index (χ1v) is 6.61. The van der Waals surface area contributed by atoms with Gasteiger partial charge in [-0.05, 0) is 30.8 Å². The minimum atomic E-state index is -0.786. The van der Waals surface area contributed by atoms with Gasteiger partial charge in [0.1, 0.15) is 0 Å². The van der Waals surface area contributed by atoms with Crippen molar-refractivity contribution in [2.24, 2.45) is 0 Å². The number of carbonyl (C=O) groups is 1. The van der Waals surface area contributed by atoms with Crippen LogP contribution in [-0.2, 0) is 4.79 Å². The Morgan fingerprint density at radius 2 is 1.55 bits per heavy atom. The van der Waals surface area contributed by atoms with Crippen LogP contribution in [0.25, 0.3) is 11.1 Å². The van der Waals surface area contributed by atoms with Gasteiger partial charge in [-0.15, -0.1) is 0 Å². The van der Waals surface area contributed by atoms with Crippen LogP contribution >= 0.6 is 0 Å². The predicted octanol–water partition coefficient (Wildman–Crippen LogP) is 3.08. The van der Waals surface area contributed by atoms with Gasteiger partial charge in [0.25, 0.3) is 0 Å². The summed E-state index contributed by atoms with van der Waals surface area (Å²) < 4.78 is 0. The fourth-order valence-electron chi connectivity index (χ4n) is 2.23. The van der Waals surface area contributed by atoms with Crippen molar-refractivity contribution in [1.82, 2.24) is 4.90 Å². The van der Waals surface area contributed by atoms with Crippen molar-refractivity contribution in [2.75, 3.05) is 20.6 Å². The lowest BCUT2D eigenvalue weighted by molar-refractivity contribution is -0.139. The lowest BCUT2D eigenvalue weighted by Gasteiger charge is -2.18. The standard InChI is InChI=1S/C17H19NO2/c1-18(2)12-16(17(19)20)15-10-8-14(9-11-15)13-6-4-3-5-7-13/h3-11,16H,12H2,1-2H3,(H,19,20). The molecule has 0 aliphatic heterocycles. The molecule has 1 unspecified atom stereocenters. The van der Waals surface area contributed by atoms with Crippen LogP contribution in [0.15, 0.2) is 54.6 Å². The van der Waals surface area contributed by atoms with Crippen molar-refractivity contribution in [3.05, 3.63) is 60.2 Å². The number of nitrogens with zero attached hydrogens (tertiary/aromatic N) is 1. The van der Waals surface area contributed by atoms with Crippen molar-refractivity contribution in [3.63, 3.8) is 0 Å². The molecule has 0 aliphatic rings. The van der Waals surface area contributed by atoms with Gasteiger partial charge in [0.2, 0.25) is 0 Å². The molecule has 20 heavy (non-hydrogen) atoms. The second kappa shape index (κ2) is 6.35. The molecule has 104 valence electrons. The number of hydrogen-bond acceptors (Lipinski definition) is 2. The first kappa shape index (κ1) is 14.3. The van der Waals surface area contributed by atoms with Gasteiger partial charge in [-0.3, -0.25) is 4.79 Å². The zero-order chi connectivity index (χ0) is 14.5. The largest absolute Gasteiger partial charge is 0.481 e. The summed E-state index contributed by atoms with van der Waals surface area (Å²) in [6.45, 7) is 0.500. The van der Waals surface area contributed by atoms with Crippen molar-refractivity contribution in [3.8, 4) is 11.1 Å². The molecular formula is C17H19NO2. The summed E-state index contributed by atoms with van der Waals surface area (Å²) >= 11 is 0. The van der Waals surface area contributed by atoms with E-state index < -0.39 is 11.9 Å². The summed E-state index contributed by atoms with van der Waals surface area (Å²) in [6, 6.07) is 17.8. The average Bonchev–Trinajstić information content (AvgIpc) is 2.45. The van der Waals surface area contributed by atoms with E-state index in [-0.39, 0.29) is 0 Å². The maximum Gasteiger partial charge on any atom is 0.312 e. The van der Waals surface area contributed by atoms with E-state index in [0.717, 1.165) is 16.7 Å². The van der Waals surface area contributed by atoms with Gasteiger partial charge in [-0.25, -0.2) is 0 Å². The van der Waals surface area contributed by atoms with Gasteiger partial charge in [0, 0.05) is 6.54 Å². The molecule has 0 saturated carbocycles. The Kier molecular flexibility index (Phi) is 4.53. The highest BCUT2D eigenvalue weighted by Gasteiger charge is 2.20. The Hall–Kier alpha value is -2.13. The molecule has 2 aromatic carbocycles. The molecule has 0 spiro atoms. The molecule has 3 nitrogen and oxygen atoms in total. The molecule has 0 fully saturated rings. The van der Waals surface area contributed by atoms with Crippen molar-refractivity contribution >= 4 is 5.97 Å². The molecule has 3 heteroatoms. The average molecular weight is 269 g/mol. The van der Waals surface area contributed by atoms with E-state index in [9.17, 15) is 9.90 Å². The molecule has 1 N–H and O–H groups in total. The van der Waals surface area contributed by atoms with Gasteiger partial charge in [0.15, 0.2) is 0 Å². The zero-order valence-electron chi connectivity index (χ0n) is 11.8. The number of carboxylic acid groups (broad SMARTS) is 1. The molecule has 1 atom stereocenters. The molecule has 0 amide bonds. The van der Waals surface area contributed by atoms with E-state index in [1.165, 1.54) is 0 Å². The minimum absolute atomic E-state index is 0.491. The van der Waals surface area contributed by atoms with Gasteiger partial charge in [-0.2, -0.15) is 0 Å². The zero-order valence-corrected chi connectivity index (χ0v) is 11.8. The number of hydrogen-bond donors (Lipinski definition) is 1. The molecular weight excluding hydrogens is 250 g/mol. The van der Waals surface area contributed by atoms with Crippen LogP contribution in [0.2, 0.25) is 0 Å². The fraction of sp³-hybridized carbons (Fsp3) is 0.235. The third kappa shape index (κ3) is 3.45. The number of rotatable bonds is 5. The van der Waals surface area contributed by atoms with Gasteiger partial charge < -0.3 is 10.0 Å². The van der Waals surface area contributed by atoms with Gasteiger partial charge in [0.05, 0.1) is 5.92 Å². The number of carboxylic acids is 1. The van der Waals surface area contributed by atoms with Crippen LogP contribution in [0.4, 0.5) is 0 Å². The van der Waals surface area contributed by atoms with Crippen molar-refractivity contribution < 1.29 is 9.90 Å². The Morgan fingerprint density at radius 3 is 2.05 bits per heavy atom. The van der Waals surface area contributed by atoms with Gasteiger partial charge >= 0.3 is 5.97 Å². The molecule has 2 rings (SSSR count). The number of likely N-dealkylation sites (N-methyl/N-ethyl adjacent to an activating group) is 1. The summed E-state index contributed by atoms with van der Waals surface area (Å²) in [5.41, 5.74) is 3.08.